The molecule has 0 radical (unpaired) electrons. The zero-order chi connectivity index (χ0) is 20.2. The molecule has 0 spiro atoms. The number of amides is 1. The number of carbonyl (C=O) groups excluding carboxylic acids is 1. The largest absolute Gasteiger partial charge is 0.369 e. The second-order valence-corrected chi connectivity index (χ2v) is 7.72. The number of halogens is 1. The number of piperazine rings is 1. The van der Waals surface area contributed by atoms with Gasteiger partial charge in [0, 0.05) is 48.8 Å². The van der Waals surface area contributed by atoms with E-state index >= 15 is 0 Å². The van der Waals surface area contributed by atoms with E-state index in [4.69, 9.17) is 11.6 Å². The molecule has 7 heteroatoms. The van der Waals surface area contributed by atoms with Crippen molar-refractivity contribution in [2.75, 3.05) is 43.4 Å². The standard InChI is InChI=1S/C22H24ClN5O/c1-26-10-12-27(13-11-26)20-8-6-19(7-9-20)25-22(29)18-14-24-28(16-18)15-17-4-2-3-5-21(17)23/h2-9,14,16H,10-13,15H2,1H3,(H,25,29). The quantitative estimate of drug-likeness (QED) is 0.699. The molecule has 1 N–H and O–H groups in total. The Morgan fingerprint density at radius 3 is 2.52 bits per heavy atom. The number of nitrogens with one attached hydrogen (secondary N) is 1. The molecule has 1 saturated heterocycles. The number of hydrogen-bond donors (Lipinski definition) is 1. The minimum atomic E-state index is -0.178. The van der Waals surface area contributed by atoms with Gasteiger partial charge in [0.2, 0.25) is 0 Å². The van der Waals surface area contributed by atoms with Gasteiger partial charge < -0.3 is 15.1 Å². The van der Waals surface area contributed by atoms with Crippen LogP contribution in [-0.4, -0.2) is 53.8 Å². The Kier molecular flexibility index (Phi) is 5.83. The van der Waals surface area contributed by atoms with Crippen LogP contribution in [0.5, 0.6) is 0 Å². The lowest BCUT2D eigenvalue weighted by Crippen LogP contribution is -2.44. The lowest BCUT2D eigenvalue weighted by Gasteiger charge is -2.34. The molecular weight excluding hydrogens is 386 g/mol. The third-order valence-electron chi connectivity index (χ3n) is 5.18. The first-order valence-corrected chi connectivity index (χ1v) is 10.1. The normalized spacial score (nSPS) is 14.8. The number of aromatic nitrogens is 2. The van der Waals surface area contributed by atoms with E-state index in [-0.39, 0.29) is 5.91 Å². The number of hydrogen-bond acceptors (Lipinski definition) is 4. The summed E-state index contributed by atoms with van der Waals surface area (Å²) in [4.78, 5) is 17.3. The fourth-order valence-corrected chi connectivity index (χ4v) is 3.59. The van der Waals surface area contributed by atoms with Gasteiger partial charge in [0.25, 0.3) is 5.91 Å². The summed E-state index contributed by atoms with van der Waals surface area (Å²) in [5.74, 6) is -0.178. The van der Waals surface area contributed by atoms with Crippen molar-refractivity contribution < 1.29 is 4.79 Å². The molecule has 0 saturated carbocycles. The van der Waals surface area contributed by atoms with Crippen LogP contribution in [0.4, 0.5) is 11.4 Å². The maximum atomic E-state index is 12.6. The molecule has 6 nitrogen and oxygen atoms in total. The van der Waals surface area contributed by atoms with E-state index in [1.807, 2.05) is 36.4 Å². The summed E-state index contributed by atoms with van der Waals surface area (Å²) in [6, 6.07) is 15.6. The first-order chi connectivity index (χ1) is 14.1. The molecule has 1 fully saturated rings. The Hall–Kier alpha value is -2.83. The molecule has 0 atom stereocenters. The van der Waals surface area contributed by atoms with Crippen molar-refractivity contribution >= 4 is 28.9 Å². The van der Waals surface area contributed by atoms with Crippen molar-refractivity contribution in [2.45, 2.75) is 6.54 Å². The molecular formula is C22H24ClN5O. The van der Waals surface area contributed by atoms with Crippen LogP contribution in [0.2, 0.25) is 5.02 Å². The smallest absolute Gasteiger partial charge is 0.258 e. The van der Waals surface area contributed by atoms with Gasteiger partial charge in [-0.1, -0.05) is 29.8 Å². The molecule has 2 aromatic carbocycles. The molecule has 1 aliphatic heterocycles. The highest BCUT2D eigenvalue weighted by atomic mass is 35.5. The Labute approximate surface area is 175 Å². The van der Waals surface area contributed by atoms with Crippen molar-refractivity contribution in [3.63, 3.8) is 0 Å². The molecule has 0 aliphatic carbocycles. The van der Waals surface area contributed by atoms with Gasteiger partial charge in [0.05, 0.1) is 18.3 Å². The van der Waals surface area contributed by atoms with Crippen LogP contribution in [-0.2, 0) is 6.54 Å². The van der Waals surface area contributed by atoms with Gasteiger partial charge in [0.1, 0.15) is 0 Å². The summed E-state index contributed by atoms with van der Waals surface area (Å²) in [6.45, 7) is 4.69. The minimum Gasteiger partial charge on any atom is -0.369 e. The Morgan fingerprint density at radius 2 is 1.79 bits per heavy atom. The Morgan fingerprint density at radius 1 is 1.07 bits per heavy atom. The molecule has 0 bridgehead atoms. The van der Waals surface area contributed by atoms with Gasteiger partial charge in [-0.2, -0.15) is 5.10 Å². The second-order valence-electron chi connectivity index (χ2n) is 7.31. The zero-order valence-electron chi connectivity index (χ0n) is 16.4. The van der Waals surface area contributed by atoms with E-state index < -0.39 is 0 Å². The first-order valence-electron chi connectivity index (χ1n) is 9.69. The van der Waals surface area contributed by atoms with Crippen LogP contribution in [0.25, 0.3) is 0 Å². The topological polar surface area (TPSA) is 53.4 Å². The van der Waals surface area contributed by atoms with Crippen molar-refractivity contribution in [3.05, 3.63) is 77.1 Å². The van der Waals surface area contributed by atoms with Gasteiger partial charge in [-0.3, -0.25) is 9.48 Å². The summed E-state index contributed by atoms with van der Waals surface area (Å²) in [5.41, 5.74) is 3.43. The van der Waals surface area contributed by atoms with E-state index in [1.165, 1.54) is 5.69 Å². The number of likely N-dealkylation sites (N-methyl/N-ethyl adjacent to an activating group) is 1. The number of benzene rings is 2. The summed E-state index contributed by atoms with van der Waals surface area (Å²) in [7, 11) is 2.15. The fourth-order valence-electron chi connectivity index (χ4n) is 3.39. The molecule has 2 heterocycles. The van der Waals surface area contributed by atoms with Crippen LogP contribution >= 0.6 is 11.6 Å². The van der Waals surface area contributed by atoms with Crippen molar-refractivity contribution in [3.8, 4) is 0 Å². The van der Waals surface area contributed by atoms with E-state index in [1.54, 1.807) is 17.1 Å². The van der Waals surface area contributed by atoms with E-state index in [9.17, 15) is 4.79 Å². The molecule has 1 aliphatic rings. The molecule has 29 heavy (non-hydrogen) atoms. The third kappa shape index (κ3) is 4.78. The highest BCUT2D eigenvalue weighted by molar-refractivity contribution is 6.31. The maximum absolute atomic E-state index is 12.6. The summed E-state index contributed by atoms with van der Waals surface area (Å²) in [5, 5.41) is 7.91. The Balaban J connectivity index is 1.37. The Bertz CT molecular complexity index is 977. The van der Waals surface area contributed by atoms with Crippen LogP contribution in [0.3, 0.4) is 0 Å². The van der Waals surface area contributed by atoms with Gasteiger partial charge in [-0.15, -0.1) is 0 Å². The molecule has 150 valence electrons. The van der Waals surface area contributed by atoms with Crippen molar-refractivity contribution in [1.29, 1.82) is 0 Å². The van der Waals surface area contributed by atoms with Gasteiger partial charge >= 0.3 is 0 Å². The average molecular weight is 410 g/mol. The number of rotatable bonds is 5. The van der Waals surface area contributed by atoms with Crippen molar-refractivity contribution in [1.82, 2.24) is 14.7 Å². The summed E-state index contributed by atoms with van der Waals surface area (Å²) in [6.07, 6.45) is 3.31. The lowest BCUT2D eigenvalue weighted by atomic mass is 10.2. The molecule has 1 aromatic heterocycles. The van der Waals surface area contributed by atoms with Crippen LogP contribution < -0.4 is 10.2 Å². The predicted molar refractivity (Wildman–Crippen MR) is 117 cm³/mol. The van der Waals surface area contributed by atoms with E-state index in [0.717, 1.165) is 37.4 Å². The molecule has 4 rings (SSSR count). The zero-order valence-corrected chi connectivity index (χ0v) is 17.1. The van der Waals surface area contributed by atoms with Gasteiger partial charge in [-0.05, 0) is 42.9 Å². The highest BCUT2D eigenvalue weighted by Crippen LogP contribution is 2.20. The molecule has 1 amide bonds. The van der Waals surface area contributed by atoms with E-state index in [0.29, 0.717) is 17.1 Å². The lowest BCUT2D eigenvalue weighted by molar-refractivity contribution is 0.102. The number of anilines is 2. The van der Waals surface area contributed by atoms with Crippen LogP contribution in [0.15, 0.2) is 60.9 Å². The number of nitrogens with zero attached hydrogens (tertiary/aromatic N) is 4. The van der Waals surface area contributed by atoms with E-state index in [2.05, 4.69) is 39.4 Å². The van der Waals surface area contributed by atoms with Crippen LogP contribution in [0, 0.1) is 0 Å². The SMILES string of the molecule is CN1CCN(c2ccc(NC(=O)c3cnn(Cc4ccccc4Cl)c3)cc2)CC1. The monoisotopic (exact) mass is 409 g/mol. The van der Waals surface area contributed by atoms with Crippen molar-refractivity contribution in [2.24, 2.45) is 0 Å². The first kappa shape index (κ1) is 19.5. The minimum absolute atomic E-state index is 0.178. The number of carbonyl (C=O) groups is 1. The maximum Gasteiger partial charge on any atom is 0.258 e. The average Bonchev–Trinajstić information content (AvgIpc) is 3.20. The second kappa shape index (κ2) is 8.68. The molecule has 0 unspecified atom stereocenters. The van der Waals surface area contributed by atoms with Crippen LogP contribution in [0.1, 0.15) is 15.9 Å². The predicted octanol–water partition coefficient (Wildman–Crippen LogP) is 3.59. The highest BCUT2D eigenvalue weighted by Gasteiger charge is 2.15. The molecule has 3 aromatic rings. The summed E-state index contributed by atoms with van der Waals surface area (Å²) < 4.78 is 1.71. The third-order valence-corrected chi connectivity index (χ3v) is 5.55. The summed E-state index contributed by atoms with van der Waals surface area (Å²) >= 11 is 6.20. The fraction of sp³-hybridized carbons (Fsp3) is 0.273. The van der Waals surface area contributed by atoms with Gasteiger partial charge in [0.15, 0.2) is 0 Å². The van der Waals surface area contributed by atoms with Gasteiger partial charge in [-0.25, -0.2) is 0 Å².